The molecule has 3 rings (SSSR count). The lowest BCUT2D eigenvalue weighted by Gasteiger charge is -2.21. The van der Waals surface area contributed by atoms with Gasteiger partial charge in [-0.3, -0.25) is 9.59 Å². The fourth-order valence-corrected chi connectivity index (χ4v) is 3.52. The van der Waals surface area contributed by atoms with Gasteiger partial charge in [-0.2, -0.15) is 0 Å². The first-order valence-corrected chi connectivity index (χ1v) is 9.04. The maximum atomic E-state index is 12.3. The molecule has 0 aromatic heterocycles. The summed E-state index contributed by atoms with van der Waals surface area (Å²) in [6.07, 6.45) is 0.598. The summed E-state index contributed by atoms with van der Waals surface area (Å²) in [5.41, 5.74) is 2.33. The molecule has 0 bridgehead atoms. The van der Waals surface area contributed by atoms with E-state index in [0.717, 1.165) is 10.5 Å². The third-order valence-corrected chi connectivity index (χ3v) is 5.25. The van der Waals surface area contributed by atoms with E-state index < -0.39 is 5.97 Å². The molecule has 7 heteroatoms. The molecule has 0 radical (unpaired) electrons. The van der Waals surface area contributed by atoms with Crippen molar-refractivity contribution in [3.63, 3.8) is 0 Å². The number of carboxylic acid groups (broad SMARTS) is 1. The number of nitrogens with one attached hydrogen (secondary N) is 2. The van der Waals surface area contributed by atoms with Gasteiger partial charge in [-0.15, -0.1) is 11.8 Å². The molecule has 2 aromatic carbocycles. The van der Waals surface area contributed by atoms with E-state index in [2.05, 4.69) is 10.6 Å². The smallest absolute Gasteiger partial charge is 0.335 e. The second-order valence-electron chi connectivity index (χ2n) is 5.97. The number of amides is 2. The van der Waals surface area contributed by atoms with Crippen molar-refractivity contribution < 1.29 is 19.5 Å². The van der Waals surface area contributed by atoms with E-state index in [4.69, 9.17) is 5.11 Å². The Bertz CT molecular complexity index is 864. The lowest BCUT2D eigenvalue weighted by atomic mass is 10.1. The maximum absolute atomic E-state index is 12.3. The molecule has 0 fully saturated rings. The van der Waals surface area contributed by atoms with Gasteiger partial charge in [-0.05, 0) is 49.2 Å². The number of anilines is 1. The van der Waals surface area contributed by atoms with Crippen molar-refractivity contribution in [2.75, 3.05) is 11.9 Å². The van der Waals surface area contributed by atoms with Crippen LogP contribution in [0, 0.1) is 0 Å². The molecule has 0 aliphatic carbocycles. The maximum Gasteiger partial charge on any atom is 0.335 e. The first-order chi connectivity index (χ1) is 12.4. The largest absolute Gasteiger partial charge is 0.478 e. The van der Waals surface area contributed by atoms with E-state index in [1.807, 2.05) is 13.0 Å². The predicted octanol–water partition coefficient (Wildman–Crippen LogP) is 2.79. The average Bonchev–Trinajstić information content (AvgIpc) is 2.62. The number of rotatable bonds is 5. The van der Waals surface area contributed by atoms with Gasteiger partial charge >= 0.3 is 5.97 Å². The molecule has 1 aliphatic rings. The monoisotopic (exact) mass is 370 g/mol. The molecule has 1 unspecified atom stereocenters. The molecule has 1 aliphatic heterocycles. The molecule has 0 saturated carbocycles. The van der Waals surface area contributed by atoms with Crippen LogP contribution >= 0.6 is 11.8 Å². The fraction of sp³-hybridized carbons (Fsp3) is 0.211. The van der Waals surface area contributed by atoms with Crippen molar-refractivity contribution >= 4 is 35.2 Å². The summed E-state index contributed by atoms with van der Waals surface area (Å²) in [6, 6.07) is 11.8. The highest BCUT2D eigenvalue weighted by atomic mass is 32.2. The van der Waals surface area contributed by atoms with Gasteiger partial charge < -0.3 is 15.7 Å². The zero-order valence-electron chi connectivity index (χ0n) is 14.1. The van der Waals surface area contributed by atoms with Crippen molar-refractivity contribution in [1.82, 2.24) is 5.32 Å². The summed E-state index contributed by atoms with van der Waals surface area (Å²) in [5, 5.41) is 14.4. The highest BCUT2D eigenvalue weighted by Crippen LogP contribution is 2.35. The van der Waals surface area contributed by atoms with Crippen LogP contribution in [0.2, 0.25) is 0 Å². The van der Waals surface area contributed by atoms with Crippen LogP contribution in [-0.2, 0) is 11.2 Å². The normalized spacial score (nSPS) is 15.7. The van der Waals surface area contributed by atoms with Gasteiger partial charge in [-0.1, -0.05) is 12.1 Å². The first kappa shape index (κ1) is 18.0. The van der Waals surface area contributed by atoms with Gasteiger partial charge in [0.25, 0.3) is 5.91 Å². The molecule has 0 spiro atoms. The number of carbonyl (C=O) groups excluding carboxylic acids is 2. The summed E-state index contributed by atoms with van der Waals surface area (Å²) in [6.45, 7) is 2.27. The van der Waals surface area contributed by atoms with Crippen molar-refractivity contribution in [2.45, 2.75) is 23.5 Å². The molecule has 2 amide bonds. The molecular formula is C19H18N2O4S. The van der Waals surface area contributed by atoms with Crippen LogP contribution in [0.3, 0.4) is 0 Å². The minimum atomic E-state index is -0.961. The van der Waals surface area contributed by atoms with Gasteiger partial charge in [-0.25, -0.2) is 4.79 Å². The zero-order chi connectivity index (χ0) is 18.7. The van der Waals surface area contributed by atoms with E-state index in [9.17, 15) is 14.4 Å². The van der Waals surface area contributed by atoms with Crippen LogP contribution in [0.25, 0.3) is 0 Å². The highest BCUT2D eigenvalue weighted by Gasteiger charge is 2.23. The number of benzene rings is 2. The minimum absolute atomic E-state index is 0.0649. The third-order valence-electron chi connectivity index (χ3n) is 4.07. The number of fused-ring (bicyclic) bond motifs is 1. The van der Waals surface area contributed by atoms with E-state index in [0.29, 0.717) is 24.2 Å². The predicted molar refractivity (Wildman–Crippen MR) is 99.8 cm³/mol. The van der Waals surface area contributed by atoms with Crippen molar-refractivity contribution in [1.29, 1.82) is 0 Å². The standard InChI is InChI=1S/C19H18N2O4S/c1-11-17(22)21-15-10-14(6-7-16(15)26-11)18(23)20-9-8-12-2-4-13(5-3-12)19(24)25/h2-7,10-11H,8-9H2,1H3,(H,20,23)(H,21,22)(H,24,25). The Hall–Kier alpha value is -2.80. The fourth-order valence-electron chi connectivity index (χ4n) is 2.59. The van der Waals surface area contributed by atoms with E-state index in [1.165, 1.54) is 11.8 Å². The Labute approximate surface area is 155 Å². The number of hydrogen-bond donors (Lipinski definition) is 3. The third kappa shape index (κ3) is 4.05. The van der Waals surface area contributed by atoms with Crippen molar-refractivity contribution in [3.8, 4) is 0 Å². The molecule has 0 saturated heterocycles. The van der Waals surface area contributed by atoms with Crippen LogP contribution < -0.4 is 10.6 Å². The van der Waals surface area contributed by atoms with E-state index in [1.54, 1.807) is 36.4 Å². The summed E-state index contributed by atoms with van der Waals surface area (Å²) in [4.78, 5) is 35.8. The number of thioether (sulfide) groups is 1. The molecular weight excluding hydrogens is 352 g/mol. The average molecular weight is 370 g/mol. The molecule has 2 aromatic rings. The highest BCUT2D eigenvalue weighted by molar-refractivity contribution is 8.00. The van der Waals surface area contributed by atoms with Gasteiger partial charge in [0.05, 0.1) is 16.5 Å². The number of aromatic carboxylic acids is 1. The topological polar surface area (TPSA) is 95.5 Å². The van der Waals surface area contributed by atoms with Gasteiger partial charge in [0.1, 0.15) is 0 Å². The second-order valence-corrected chi connectivity index (χ2v) is 7.35. The molecule has 26 heavy (non-hydrogen) atoms. The van der Waals surface area contributed by atoms with Gasteiger partial charge in [0, 0.05) is 17.0 Å². The number of carbonyl (C=O) groups is 3. The molecule has 6 nitrogen and oxygen atoms in total. The van der Waals surface area contributed by atoms with Crippen molar-refractivity contribution in [3.05, 3.63) is 59.2 Å². The summed E-state index contributed by atoms with van der Waals surface area (Å²) in [5.74, 6) is -1.24. The van der Waals surface area contributed by atoms with Crippen LogP contribution in [0.4, 0.5) is 5.69 Å². The molecule has 1 atom stereocenters. The van der Waals surface area contributed by atoms with E-state index in [-0.39, 0.29) is 22.6 Å². The summed E-state index contributed by atoms with van der Waals surface area (Å²) in [7, 11) is 0. The van der Waals surface area contributed by atoms with Gasteiger partial charge in [0.15, 0.2) is 0 Å². The first-order valence-electron chi connectivity index (χ1n) is 8.16. The summed E-state index contributed by atoms with van der Waals surface area (Å²) >= 11 is 1.47. The summed E-state index contributed by atoms with van der Waals surface area (Å²) < 4.78 is 0. The molecule has 3 N–H and O–H groups in total. The Morgan fingerprint density at radius 3 is 2.54 bits per heavy atom. The Morgan fingerprint density at radius 1 is 1.15 bits per heavy atom. The Morgan fingerprint density at radius 2 is 1.85 bits per heavy atom. The SMILES string of the molecule is CC1Sc2ccc(C(=O)NCCc3ccc(C(=O)O)cc3)cc2NC1=O. The molecule has 134 valence electrons. The number of carboxylic acids is 1. The van der Waals surface area contributed by atoms with Crippen molar-refractivity contribution in [2.24, 2.45) is 0 Å². The van der Waals surface area contributed by atoms with Crippen LogP contribution in [-0.4, -0.2) is 34.7 Å². The quantitative estimate of drug-likeness (QED) is 0.752. The molecule has 1 heterocycles. The van der Waals surface area contributed by atoms with Crippen LogP contribution in [0.1, 0.15) is 33.2 Å². The van der Waals surface area contributed by atoms with Crippen LogP contribution in [0.5, 0.6) is 0 Å². The van der Waals surface area contributed by atoms with Gasteiger partial charge in [0.2, 0.25) is 5.91 Å². The lowest BCUT2D eigenvalue weighted by molar-refractivity contribution is -0.115. The lowest BCUT2D eigenvalue weighted by Crippen LogP contribution is -2.28. The van der Waals surface area contributed by atoms with E-state index >= 15 is 0 Å². The van der Waals surface area contributed by atoms with Crippen LogP contribution in [0.15, 0.2) is 47.4 Å². The second kappa shape index (κ2) is 7.61. The minimum Gasteiger partial charge on any atom is -0.478 e. The zero-order valence-corrected chi connectivity index (χ0v) is 14.9. The Kier molecular flexibility index (Phi) is 5.27. The number of hydrogen-bond acceptors (Lipinski definition) is 4. The Balaban J connectivity index is 1.58.